The quantitative estimate of drug-likeness (QED) is 0.791. The highest BCUT2D eigenvalue weighted by atomic mass is 127. The van der Waals surface area contributed by atoms with Crippen LogP contribution in [0.15, 0.2) is 16.6 Å². The molecule has 0 aliphatic carbocycles. The van der Waals surface area contributed by atoms with E-state index in [9.17, 15) is 4.79 Å². The van der Waals surface area contributed by atoms with Gasteiger partial charge >= 0.3 is 5.97 Å². The van der Waals surface area contributed by atoms with Crippen LogP contribution in [0.4, 0.5) is 0 Å². The minimum Gasteiger partial charge on any atom is -0.478 e. The molecule has 0 saturated heterocycles. The molecule has 1 aromatic carbocycles. The van der Waals surface area contributed by atoms with Gasteiger partial charge in [-0.2, -0.15) is 5.26 Å². The smallest absolute Gasteiger partial charge is 0.338 e. The van der Waals surface area contributed by atoms with E-state index in [-0.39, 0.29) is 11.1 Å². The van der Waals surface area contributed by atoms with Crippen LogP contribution in [0.2, 0.25) is 0 Å². The molecule has 0 unspecified atom stereocenters. The van der Waals surface area contributed by atoms with E-state index in [1.54, 1.807) is 6.07 Å². The van der Waals surface area contributed by atoms with Crippen molar-refractivity contribution in [2.24, 2.45) is 0 Å². The Morgan fingerprint density at radius 1 is 1.62 bits per heavy atom. The van der Waals surface area contributed by atoms with Crippen LogP contribution in [-0.2, 0) is 0 Å². The van der Waals surface area contributed by atoms with Crippen LogP contribution in [0, 0.1) is 14.9 Å². The Labute approximate surface area is 96.6 Å². The molecule has 0 spiro atoms. The fourth-order valence-corrected chi connectivity index (χ4v) is 1.88. The fraction of sp³-hybridized carbons (Fsp3) is 0. The Bertz CT molecular complexity index is 411. The van der Waals surface area contributed by atoms with Gasteiger partial charge in [0.2, 0.25) is 0 Å². The van der Waals surface area contributed by atoms with Gasteiger partial charge in [-0.25, -0.2) is 4.79 Å². The number of aromatic carboxylic acids is 1. The lowest BCUT2D eigenvalue weighted by molar-refractivity contribution is 0.0695. The van der Waals surface area contributed by atoms with Gasteiger partial charge in [-0.3, -0.25) is 0 Å². The number of halogens is 2. The number of carboxylic acid groups (broad SMARTS) is 1. The molecule has 1 N–H and O–H groups in total. The molecule has 0 saturated carbocycles. The lowest BCUT2D eigenvalue weighted by atomic mass is 10.1. The van der Waals surface area contributed by atoms with E-state index in [2.05, 4.69) is 15.9 Å². The van der Waals surface area contributed by atoms with Crippen molar-refractivity contribution in [3.8, 4) is 6.07 Å². The van der Waals surface area contributed by atoms with Gasteiger partial charge in [0, 0.05) is 8.04 Å². The number of hydrogen-bond donors (Lipinski definition) is 1. The van der Waals surface area contributed by atoms with Crippen LogP contribution < -0.4 is 0 Å². The summed E-state index contributed by atoms with van der Waals surface area (Å²) in [6.07, 6.45) is 0. The lowest BCUT2D eigenvalue weighted by Crippen LogP contribution is -2.03. The predicted molar refractivity (Wildman–Crippen MR) is 58.5 cm³/mol. The van der Waals surface area contributed by atoms with Crippen molar-refractivity contribution in [3.63, 3.8) is 0 Å². The lowest BCUT2D eigenvalue weighted by Gasteiger charge is -2.02. The van der Waals surface area contributed by atoms with Gasteiger partial charge < -0.3 is 5.11 Å². The summed E-state index contributed by atoms with van der Waals surface area (Å²) in [5.41, 5.74) is 0.234. The standard InChI is InChI=1S/C8H3BrINO2/c9-5-2-1-4(3-11)6(7(5)10)8(12)13/h1-2H,(H,12,13). The van der Waals surface area contributed by atoms with Crippen LogP contribution >= 0.6 is 38.5 Å². The maximum atomic E-state index is 10.8. The highest BCUT2D eigenvalue weighted by Crippen LogP contribution is 2.25. The van der Waals surface area contributed by atoms with Crippen molar-refractivity contribution < 1.29 is 9.90 Å². The second-order valence-corrected chi connectivity index (χ2v) is 4.13. The molecule has 0 aromatic heterocycles. The Kier molecular flexibility index (Phi) is 3.27. The molecule has 1 rings (SSSR count). The molecule has 66 valence electrons. The number of nitriles is 1. The van der Waals surface area contributed by atoms with Gasteiger partial charge in [0.05, 0.1) is 11.1 Å². The third kappa shape index (κ3) is 2.00. The molecule has 13 heavy (non-hydrogen) atoms. The van der Waals surface area contributed by atoms with Crippen molar-refractivity contribution in [1.82, 2.24) is 0 Å². The average molecular weight is 352 g/mol. The van der Waals surface area contributed by atoms with Crippen LogP contribution in [0.25, 0.3) is 0 Å². The van der Waals surface area contributed by atoms with Crippen LogP contribution in [0.5, 0.6) is 0 Å². The molecule has 0 heterocycles. The maximum absolute atomic E-state index is 10.8. The first kappa shape index (κ1) is 10.5. The molecule has 0 radical (unpaired) electrons. The van der Waals surface area contributed by atoms with Crippen molar-refractivity contribution in [2.75, 3.05) is 0 Å². The van der Waals surface area contributed by atoms with Crippen molar-refractivity contribution in [1.29, 1.82) is 5.26 Å². The summed E-state index contributed by atoms with van der Waals surface area (Å²) in [5.74, 6) is -1.08. The van der Waals surface area contributed by atoms with Crippen LogP contribution in [-0.4, -0.2) is 11.1 Å². The predicted octanol–water partition coefficient (Wildman–Crippen LogP) is 2.62. The topological polar surface area (TPSA) is 61.1 Å². The monoisotopic (exact) mass is 351 g/mol. The van der Waals surface area contributed by atoms with E-state index in [1.807, 2.05) is 28.7 Å². The number of carbonyl (C=O) groups is 1. The number of carboxylic acids is 1. The summed E-state index contributed by atoms with van der Waals surface area (Å²) in [5, 5.41) is 17.5. The molecule has 1 aromatic rings. The summed E-state index contributed by atoms with van der Waals surface area (Å²) in [7, 11) is 0. The summed E-state index contributed by atoms with van der Waals surface area (Å²) in [6, 6.07) is 4.98. The van der Waals surface area contributed by atoms with Gasteiger partial charge in [0.25, 0.3) is 0 Å². The Hall–Kier alpha value is -0.610. The third-order valence-electron chi connectivity index (χ3n) is 1.43. The molecule has 5 heteroatoms. The highest BCUT2D eigenvalue weighted by molar-refractivity contribution is 14.1. The minimum absolute atomic E-state index is 0.0532. The number of nitrogens with zero attached hydrogens (tertiary/aromatic N) is 1. The normalized spacial score (nSPS) is 9.31. The zero-order valence-electron chi connectivity index (χ0n) is 6.21. The molecular formula is C8H3BrINO2. The second kappa shape index (κ2) is 4.07. The second-order valence-electron chi connectivity index (χ2n) is 2.20. The van der Waals surface area contributed by atoms with Gasteiger partial charge in [0.15, 0.2) is 0 Å². The van der Waals surface area contributed by atoms with Crippen LogP contribution in [0.1, 0.15) is 15.9 Å². The van der Waals surface area contributed by atoms with E-state index in [0.29, 0.717) is 8.04 Å². The van der Waals surface area contributed by atoms with E-state index in [1.165, 1.54) is 6.07 Å². The number of hydrogen-bond acceptors (Lipinski definition) is 2. The molecule has 0 fully saturated rings. The third-order valence-corrected chi connectivity index (χ3v) is 3.95. The summed E-state index contributed by atoms with van der Waals surface area (Å²) < 4.78 is 1.23. The Morgan fingerprint density at radius 2 is 2.23 bits per heavy atom. The molecule has 0 bridgehead atoms. The van der Waals surface area contributed by atoms with Crippen molar-refractivity contribution in [3.05, 3.63) is 31.3 Å². The summed E-state index contributed by atoms with van der Waals surface area (Å²) in [4.78, 5) is 10.8. The number of rotatable bonds is 1. The van der Waals surface area contributed by atoms with E-state index in [4.69, 9.17) is 10.4 Å². The first-order chi connectivity index (χ1) is 6.07. The van der Waals surface area contributed by atoms with E-state index in [0.717, 1.165) is 0 Å². The molecule has 0 aliphatic heterocycles. The first-order valence-electron chi connectivity index (χ1n) is 3.19. The zero-order valence-corrected chi connectivity index (χ0v) is 9.96. The minimum atomic E-state index is -1.08. The van der Waals surface area contributed by atoms with Gasteiger partial charge in [-0.1, -0.05) is 0 Å². The van der Waals surface area contributed by atoms with Gasteiger partial charge in [0.1, 0.15) is 6.07 Å². The average Bonchev–Trinajstić information content (AvgIpc) is 2.08. The van der Waals surface area contributed by atoms with E-state index < -0.39 is 5.97 Å². The molecular weight excluding hydrogens is 349 g/mol. The first-order valence-corrected chi connectivity index (χ1v) is 5.06. The summed E-state index contributed by atoms with van der Waals surface area (Å²) >= 11 is 5.09. The highest BCUT2D eigenvalue weighted by Gasteiger charge is 2.15. The van der Waals surface area contributed by atoms with Crippen molar-refractivity contribution >= 4 is 44.5 Å². The van der Waals surface area contributed by atoms with Crippen molar-refractivity contribution in [2.45, 2.75) is 0 Å². The molecule has 0 aliphatic rings. The SMILES string of the molecule is N#Cc1ccc(Br)c(I)c1C(=O)O. The van der Waals surface area contributed by atoms with E-state index >= 15 is 0 Å². The summed E-state index contributed by atoms with van der Waals surface area (Å²) in [6.45, 7) is 0. The largest absolute Gasteiger partial charge is 0.478 e. The Balaban J connectivity index is 3.53. The van der Waals surface area contributed by atoms with Gasteiger partial charge in [-0.05, 0) is 50.7 Å². The molecule has 3 nitrogen and oxygen atoms in total. The zero-order chi connectivity index (χ0) is 10.0. The Morgan fingerprint density at radius 3 is 2.69 bits per heavy atom. The molecule has 0 atom stereocenters. The molecule has 0 amide bonds. The van der Waals surface area contributed by atoms with Crippen LogP contribution in [0.3, 0.4) is 0 Å². The van der Waals surface area contributed by atoms with Gasteiger partial charge in [-0.15, -0.1) is 0 Å². The number of benzene rings is 1. The fourth-order valence-electron chi connectivity index (χ4n) is 0.853. The maximum Gasteiger partial charge on any atom is 0.338 e.